The Bertz CT molecular complexity index is 770. The molecule has 0 aliphatic heterocycles. The third-order valence-corrected chi connectivity index (χ3v) is 6.30. The molecule has 0 amide bonds. The number of hydrogen-bond donors (Lipinski definition) is 1. The van der Waals surface area contributed by atoms with Crippen molar-refractivity contribution >= 4 is 20.5 Å². The van der Waals surface area contributed by atoms with Crippen LogP contribution in [0.4, 0.5) is 0 Å². The molecular weight excluding hydrogens is 374 g/mol. The van der Waals surface area contributed by atoms with Gasteiger partial charge in [-0.05, 0) is 36.1 Å². The molecule has 0 bridgehead atoms. The van der Waals surface area contributed by atoms with Crippen LogP contribution in [0.3, 0.4) is 0 Å². The lowest BCUT2D eigenvalue weighted by molar-refractivity contribution is 0.245. The van der Waals surface area contributed by atoms with Gasteiger partial charge in [0.15, 0.2) is 0 Å². The normalized spacial score (nSPS) is 16.0. The highest BCUT2D eigenvalue weighted by Crippen LogP contribution is 2.45. The molecule has 0 aromatic heterocycles. The van der Waals surface area contributed by atoms with E-state index in [2.05, 4.69) is 0 Å². The maximum Gasteiger partial charge on any atom is 0.361 e. The molecule has 0 aliphatic rings. The summed E-state index contributed by atoms with van der Waals surface area (Å²) in [6.07, 6.45) is 1.15. The number of benzene rings is 2. The Morgan fingerprint density at radius 3 is 1.81 bits per heavy atom. The Morgan fingerprint density at radius 1 is 0.846 bits per heavy atom. The highest BCUT2D eigenvalue weighted by molar-refractivity contribution is 7.62. The van der Waals surface area contributed by atoms with E-state index in [1.807, 2.05) is 30.3 Å². The highest BCUT2D eigenvalue weighted by atomic mass is 31.2. The first-order valence-corrected chi connectivity index (χ1v) is 11.8. The first-order chi connectivity index (χ1) is 12.3. The van der Waals surface area contributed by atoms with Crippen LogP contribution in [0.2, 0.25) is 0 Å². The molecule has 2 rings (SSSR count). The molecule has 0 heterocycles. The van der Waals surface area contributed by atoms with Crippen molar-refractivity contribution in [2.75, 3.05) is 27.0 Å². The summed E-state index contributed by atoms with van der Waals surface area (Å²) in [6, 6.07) is 16.6. The molecule has 26 heavy (non-hydrogen) atoms. The Hall–Kier alpha value is -1.26. The zero-order valence-electron chi connectivity index (χ0n) is 14.9. The van der Waals surface area contributed by atoms with Gasteiger partial charge in [0.2, 0.25) is 0 Å². The van der Waals surface area contributed by atoms with Crippen LogP contribution < -0.4 is 5.30 Å². The fourth-order valence-electron chi connectivity index (χ4n) is 2.33. The van der Waals surface area contributed by atoms with Gasteiger partial charge >= 0.3 is 15.2 Å². The van der Waals surface area contributed by atoms with Gasteiger partial charge in [0.25, 0.3) is 0 Å². The van der Waals surface area contributed by atoms with E-state index >= 15 is 0 Å². The first-order valence-electron chi connectivity index (χ1n) is 8.21. The second-order valence-electron chi connectivity index (χ2n) is 5.80. The first kappa shape index (κ1) is 21.0. The van der Waals surface area contributed by atoms with Crippen LogP contribution in [0.15, 0.2) is 54.6 Å². The van der Waals surface area contributed by atoms with Crippen molar-refractivity contribution in [2.45, 2.75) is 12.8 Å². The minimum atomic E-state index is -3.43. The molecule has 0 fully saturated rings. The second kappa shape index (κ2) is 9.61. The van der Waals surface area contributed by atoms with E-state index in [0.717, 1.165) is 11.1 Å². The van der Waals surface area contributed by atoms with Gasteiger partial charge in [0.1, 0.15) is 0 Å². The van der Waals surface area contributed by atoms with E-state index in [1.54, 1.807) is 24.3 Å². The molecule has 2 unspecified atom stereocenters. The Labute approximate surface area is 154 Å². The predicted molar refractivity (Wildman–Crippen MR) is 102 cm³/mol. The molecule has 2 aromatic rings. The zero-order chi connectivity index (χ0) is 19.0. The zero-order valence-corrected chi connectivity index (χ0v) is 16.7. The third kappa shape index (κ3) is 6.81. The van der Waals surface area contributed by atoms with Crippen LogP contribution in [0.5, 0.6) is 0 Å². The minimum absolute atomic E-state index is 0.195. The highest BCUT2D eigenvalue weighted by Gasteiger charge is 2.25. The largest absolute Gasteiger partial charge is 0.361 e. The molecule has 8 heteroatoms. The van der Waals surface area contributed by atoms with E-state index in [-0.39, 0.29) is 13.2 Å². The summed E-state index contributed by atoms with van der Waals surface area (Å²) in [5.74, 6) is 0. The van der Waals surface area contributed by atoms with Crippen LogP contribution in [0, 0.1) is 0 Å². The van der Waals surface area contributed by atoms with Crippen LogP contribution in [0.1, 0.15) is 11.1 Å². The van der Waals surface area contributed by atoms with Gasteiger partial charge in [-0.3, -0.25) is 9.13 Å². The summed E-state index contributed by atoms with van der Waals surface area (Å²) < 4.78 is 39.3. The predicted octanol–water partition coefficient (Wildman–Crippen LogP) is 3.79. The second-order valence-corrected chi connectivity index (χ2v) is 9.80. The Kier molecular flexibility index (Phi) is 7.78. The van der Waals surface area contributed by atoms with E-state index in [0.29, 0.717) is 18.1 Å². The maximum atomic E-state index is 12.7. The monoisotopic (exact) mass is 398 g/mol. The fourth-order valence-corrected chi connectivity index (χ4v) is 4.10. The van der Waals surface area contributed by atoms with E-state index in [9.17, 15) is 9.13 Å². The van der Waals surface area contributed by atoms with E-state index < -0.39 is 15.2 Å². The van der Waals surface area contributed by atoms with Crippen molar-refractivity contribution in [2.24, 2.45) is 0 Å². The van der Waals surface area contributed by atoms with Crippen molar-refractivity contribution in [1.82, 2.24) is 0 Å². The van der Waals surface area contributed by atoms with Gasteiger partial charge in [-0.25, -0.2) is 0 Å². The lowest BCUT2D eigenvalue weighted by atomic mass is 10.1. The van der Waals surface area contributed by atoms with Crippen molar-refractivity contribution in [3.05, 3.63) is 65.7 Å². The van der Waals surface area contributed by atoms with Gasteiger partial charge in [-0.1, -0.05) is 42.5 Å². The van der Waals surface area contributed by atoms with E-state index in [4.69, 9.17) is 18.5 Å². The minimum Gasteiger partial charge on any atom is -0.324 e. The van der Waals surface area contributed by atoms with Crippen molar-refractivity contribution in [1.29, 1.82) is 0 Å². The maximum absolute atomic E-state index is 12.7. The third-order valence-electron chi connectivity index (χ3n) is 3.71. The van der Waals surface area contributed by atoms with Gasteiger partial charge in [-0.15, -0.1) is 0 Å². The summed E-state index contributed by atoms with van der Waals surface area (Å²) in [5.41, 5.74) is 2.05. The summed E-state index contributed by atoms with van der Waals surface area (Å²) in [5, 5.41) is 0.537. The van der Waals surface area contributed by atoms with Gasteiger partial charge in [0, 0.05) is 13.8 Å². The smallest absolute Gasteiger partial charge is 0.324 e. The molecule has 0 aliphatic carbocycles. The molecule has 2 aromatic carbocycles. The van der Waals surface area contributed by atoms with Gasteiger partial charge in [-0.2, -0.15) is 0 Å². The molecule has 142 valence electrons. The molecular formula is C18H24O6P2. The molecule has 1 N–H and O–H groups in total. The molecule has 0 radical (unpaired) electrons. The molecule has 0 saturated carbocycles. The van der Waals surface area contributed by atoms with Crippen LogP contribution >= 0.6 is 15.2 Å². The summed E-state index contributed by atoms with van der Waals surface area (Å²) in [4.78, 5) is 9.09. The average molecular weight is 398 g/mol. The van der Waals surface area contributed by atoms with Crippen molar-refractivity contribution < 1.29 is 27.6 Å². The topological polar surface area (TPSA) is 82.1 Å². The van der Waals surface area contributed by atoms with Crippen LogP contribution in [0.25, 0.3) is 0 Å². The number of hydrogen-bond acceptors (Lipinski definition) is 5. The number of rotatable bonds is 10. The SMILES string of the molecule is COP(=O)(OCCc1ccc(CCOP(C)(=O)O)cc1)c1ccccc1. The summed E-state index contributed by atoms with van der Waals surface area (Å²) >= 11 is 0. The Morgan fingerprint density at radius 2 is 1.35 bits per heavy atom. The lowest BCUT2D eigenvalue weighted by Crippen LogP contribution is -2.10. The van der Waals surface area contributed by atoms with Crippen molar-refractivity contribution in [3.8, 4) is 0 Å². The van der Waals surface area contributed by atoms with Gasteiger partial charge < -0.3 is 18.5 Å². The fraction of sp³-hybridized carbons (Fsp3) is 0.333. The summed E-state index contributed by atoms with van der Waals surface area (Å²) in [6.45, 7) is 1.64. The van der Waals surface area contributed by atoms with Crippen LogP contribution in [-0.4, -0.2) is 31.9 Å². The average Bonchev–Trinajstić information content (AvgIpc) is 2.62. The molecule has 6 nitrogen and oxygen atoms in total. The van der Waals surface area contributed by atoms with Gasteiger partial charge in [0.05, 0.1) is 18.5 Å². The molecule has 0 spiro atoms. The Balaban J connectivity index is 1.84. The molecule has 0 saturated heterocycles. The van der Waals surface area contributed by atoms with Crippen molar-refractivity contribution in [3.63, 3.8) is 0 Å². The molecule has 2 atom stereocenters. The summed E-state index contributed by atoms with van der Waals surface area (Å²) in [7, 11) is -5.34. The van der Waals surface area contributed by atoms with E-state index in [1.165, 1.54) is 13.8 Å². The quantitative estimate of drug-likeness (QED) is 0.614. The van der Waals surface area contributed by atoms with Crippen LogP contribution in [-0.2, 0) is 35.5 Å². The lowest BCUT2D eigenvalue weighted by Gasteiger charge is -2.16. The standard InChI is InChI=1S/C18H24O6P2/c1-22-26(21,18-6-4-3-5-7-18)24-15-13-17-10-8-16(9-11-17)12-14-23-25(2,19)20/h3-11H,12-15H2,1-2H3,(H,19,20).